The second kappa shape index (κ2) is 10.9. The molecular formula is C32H30FN2O5+. The van der Waals surface area contributed by atoms with E-state index in [1.807, 2.05) is 55.5 Å². The molecule has 0 radical (unpaired) electrons. The molecule has 5 aromatic rings. The molecule has 5 rings (SSSR count). The number of carbonyl (C=O) groups excluding carboxylic acids is 1. The first-order valence-electron chi connectivity index (χ1n) is 12.9. The summed E-state index contributed by atoms with van der Waals surface area (Å²) in [6.45, 7) is 3.32. The minimum absolute atomic E-state index is 0.0503. The first kappa shape index (κ1) is 27.1. The molecule has 0 aliphatic rings. The maximum absolute atomic E-state index is 14.5. The standard InChI is InChI=1S/C32H29FN2O5/c1-20-14-22(19-36)8-10-25(20)31(23-6-4-3-5-7-23)34-30(37)16-21-9-11-28-24(15-21)17-29(40-28)32(2,38)26-12-13-35(39)18-27(26)33/h3-15,17-18,31,36,38H,16,19H2,1-2H3,(H-,34,37,39)/p+1. The highest BCUT2D eigenvalue weighted by atomic mass is 19.1. The third-order valence-corrected chi connectivity index (χ3v) is 7.11. The van der Waals surface area contributed by atoms with Gasteiger partial charge in [0.05, 0.1) is 19.1 Å². The molecule has 0 bridgehead atoms. The van der Waals surface area contributed by atoms with Crippen molar-refractivity contribution in [3.8, 4) is 0 Å². The molecule has 1 amide bonds. The van der Waals surface area contributed by atoms with Gasteiger partial charge in [-0.25, -0.2) is 0 Å². The Balaban J connectivity index is 1.39. The van der Waals surface area contributed by atoms with Crippen LogP contribution in [0.1, 0.15) is 52.1 Å². The van der Waals surface area contributed by atoms with E-state index in [0.29, 0.717) is 15.7 Å². The first-order valence-corrected chi connectivity index (χ1v) is 12.9. The molecule has 0 fully saturated rings. The van der Waals surface area contributed by atoms with Crippen molar-refractivity contribution in [2.75, 3.05) is 0 Å². The molecule has 204 valence electrons. The second-order valence-corrected chi connectivity index (χ2v) is 10.1. The van der Waals surface area contributed by atoms with Gasteiger partial charge in [0.1, 0.15) is 16.9 Å². The van der Waals surface area contributed by atoms with E-state index in [-0.39, 0.29) is 36.3 Å². The maximum Gasteiger partial charge on any atom is 0.258 e. The van der Waals surface area contributed by atoms with Gasteiger partial charge in [0.15, 0.2) is 5.82 Å². The number of aryl methyl sites for hydroxylation is 1. The average Bonchev–Trinajstić information content (AvgIpc) is 3.37. The summed E-state index contributed by atoms with van der Waals surface area (Å²) in [7, 11) is 0. The SMILES string of the molecule is Cc1cc(CO)ccc1C(NC(=O)Cc1ccc2oc(C(C)(O)c3cc[n+](O)cc3F)cc2c1)c1ccccc1. The molecule has 2 atom stereocenters. The van der Waals surface area contributed by atoms with Gasteiger partial charge in [0.25, 0.3) is 6.20 Å². The van der Waals surface area contributed by atoms with Crippen LogP contribution in [-0.4, -0.2) is 21.3 Å². The molecule has 2 heterocycles. The number of furan rings is 1. The van der Waals surface area contributed by atoms with E-state index in [0.717, 1.165) is 34.0 Å². The van der Waals surface area contributed by atoms with Gasteiger partial charge in [-0.05, 0) is 59.9 Å². The van der Waals surface area contributed by atoms with Crippen molar-refractivity contribution < 1.29 is 33.8 Å². The van der Waals surface area contributed by atoms with Crippen molar-refractivity contribution in [3.63, 3.8) is 0 Å². The number of rotatable bonds is 8. The topological polar surface area (TPSA) is 107 Å². The van der Waals surface area contributed by atoms with Gasteiger partial charge >= 0.3 is 0 Å². The smallest absolute Gasteiger partial charge is 0.258 e. The van der Waals surface area contributed by atoms with Gasteiger partial charge in [-0.3, -0.25) is 10.0 Å². The van der Waals surface area contributed by atoms with Gasteiger partial charge in [-0.15, -0.1) is 0 Å². The number of aliphatic hydroxyl groups is 2. The molecule has 0 aliphatic carbocycles. The highest BCUT2D eigenvalue weighted by molar-refractivity contribution is 5.83. The van der Waals surface area contributed by atoms with Crippen LogP contribution in [0.5, 0.6) is 0 Å². The summed E-state index contributed by atoms with van der Waals surface area (Å²) in [5.74, 6) is -0.843. The van der Waals surface area contributed by atoms with Crippen molar-refractivity contribution in [1.29, 1.82) is 0 Å². The Bertz CT molecular complexity index is 1680. The number of aliphatic hydroxyl groups excluding tert-OH is 1. The van der Waals surface area contributed by atoms with Crippen molar-refractivity contribution in [3.05, 3.63) is 136 Å². The summed E-state index contributed by atoms with van der Waals surface area (Å²) >= 11 is 0. The second-order valence-electron chi connectivity index (χ2n) is 10.1. The van der Waals surface area contributed by atoms with Gasteiger partial charge < -0.3 is 19.9 Å². The minimum atomic E-state index is -1.79. The predicted octanol–water partition coefficient (Wildman–Crippen LogP) is 4.60. The van der Waals surface area contributed by atoms with Crippen LogP contribution in [-0.2, 0) is 23.4 Å². The van der Waals surface area contributed by atoms with E-state index < -0.39 is 11.4 Å². The lowest BCUT2D eigenvalue weighted by molar-refractivity contribution is -0.905. The third-order valence-electron chi connectivity index (χ3n) is 7.11. The summed E-state index contributed by atoms with van der Waals surface area (Å²) < 4.78 is 20.9. The quantitative estimate of drug-likeness (QED) is 0.170. The Labute approximate surface area is 230 Å². The molecule has 4 N–H and O–H groups in total. The molecule has 3 aromatic carbocycles. The summed E-state index contributed by atoms with van der Waals surface area (Å²) in [5, 5.41) is 33.9. The molecule has 2 aromatic heterocycles. The Morgan fingerprint density at radius 2 is 1.80 bits per heavy atom. The minimum Gasteiger partial charge on any atom is -0.458 e. The number of nitrogens with zero attached hydrogens (tertiary/aromatic N) is 1. The van der Waals surface area contributed by atoms with E-state index >= 15 is 0 Å². The fraction of sp³-hybridized carbons (Fsp3) is 0.188. The number of hydrogen-bond donors (Lipinski definition) is 4. The molecule has 0 saturated heterocycles. The summed E-state index contributed by atoms with van der Waals surface area (Å²) in [6, 6.07) is 23.2. The molecular weight excluding hydrogens is 511 g/mol. The van der Waals surface area contributed by atoms with Crippen LogP contribution in [0.3, 0.4) is 0 Å². The first-order chi connectivity index (χ1) is 19.2. The van der Waals surface area contributed by atoms with E-state index in [1.54, 1.807) is 24.3 Å². The van der Waals surface area contributed by atoms with E-state index in [1.165, 1.54) is 19.2 Å². The maximum atomic E-state index is 14.5. The predicted molar refractivity (Wildman–Crippen MR) is 146 cm³/mol. The van der Waals surface area contributed by atoms with E-state index in [4.69, 9.17) is 4.42 Å². The Morgan fingerprint density at radius 1 is 1.05 bits per heavy atom. The van der Waals surface area contributed by atoms with Crippen LogP contribution in [0.4, 0.5) is 4.39 Å². The number of nitrogens with one attached hydrogen (secondary N) is 1. The van der Waals surface area contributed by atoms with Crippen molar-refractivity contribution in [1.82, 2.24) is 5.32 Å². The highest BCUT2D eigenvalue weighted by Gasteiger charge is 2.34. The molecule has 2 unspecified atom stereocenters. The molecule has 8 heteroatoms. The van der Waals surface area contributed by atoms with Gasteiger partial charge in [0.2, 0.25) is 12.1 Å². The van der Waals surface area contributed by atoms with Crippen LogP contribution >= 0.6 is 0 Å². The van der Waals surface area contributed by atoms with Crippen LogP contribution in [0.25, 0.3) is 11.0 Å². The molecule has 40 heavy (non-hydrogen) atoms. The Morgan fingerprint density at radius 3 is 2.50 bits per heavy atom. The monoisotopic (exact) mass is 541 g/mol. The number of fused-ring (bicyclic) bond motifs is 1. The lowest BCUT2D eigenvalue weighted by Gasteiger charge is -2.22. The van der Waals surface area contributed by atoms with Crippen LogP contribution in [0, 0.1) is 12.7 Å². The Kier molecular flexibility index (Phi) is 7.38. The van der Waals surface area contributed by atoms with Crippen LogP contribution < -0.4 is 10.0 Å². The summed E-state index contributed by atoms with van der Waals surface area (Å²) in [5.41, 5.74) is 3.02. The zero-order valence-electron chi connectivity index (χ0n) is 22.1. The fourth-order valence-corrected chi connectivity index (χ4v) is 4.97. The fourth-order valence-electron chi connectivity index (χ4n) is 4.97. The van der Waals surface area contributed by atoms with E-state index in [2.05, 4.69) is 5.32 Å². The number of halogens is 1. The number of hydrogen-bond acceptors (Lipinski definition) is 5. The van der Waals surface area contributed by atoms with E-state index in [9.17, 15) is 24.6 Å². The third kappa shape index (κ3) is 5.45. The number of pyridine rings is 1. The zero-order chi connectivity index (χ0) is 28.4. The van der Waals surface area contributed by atoms with Gasteiger partial charge in [0, 0.05) is 21.7 Å². The lowest BCUT2D eigenvalue weighted by Crippen LogP contribution is -2.32. The zero-order valence-corrected chi connectivity index (χ0v) is 22.1. The van der Waals surface area contributed by atoms with Crippen molar-refractivity contribution in [2.45, 2.75) is 38.5 Å². The largest absolute Gasteiger partial charge is 0.458 e. The van der Waals surface area contributed by atoms with Crippen LogP contribution in [0.2, 0.25) is 0 Å². The number of aromatic nitrogens is 1. The number of benzene rings is 3. The van der Waals surface area contributed by atoms with Gasteiger partial charge in [-0.2, -0.15) is 4.39 Å². The highest BCUT2D eigenvalue weighted by Crippen LogP contribution is 2.34. The summed E-state index contributed by atoms with van der Waals surface area (Å²) in [4.78, 5) is 13.3. The molecule has 0 aliphatic heterocycles. The lowest BCUT2D eigenvalue weighted by atomic mass is 9.93. The summed E-state index contributed by atoms with van der Waals surface area (Å²) in [6.07, 6.45) is 2.18. The normalized spacial score (nSPS) is 13.6. The van der Waals surface area contributed by atoms with Gasteiger partial charge in [-0.1, -0.05) is 54.6 Å². The Hall–Kier alpha value is -4.53. The molecule has 0 spiro atoms. The van der Waals surface area contributed by atoms with Crippen LogP contribution in [0.15, 0.2) is 95.7 Å². The average molecular weight is 542 g/mol. The molecule has 0 saturated carbocycles. The molecule has 7 nitrogen and oxygen atoms in total. The van der Waals surface area contributed by atoms with Crippen molar-refractivity contribution in [2.24, 2.45) is 0 Å². The van der Waals surface area contributed by atoms with Crippen molar-refractivity contribution >= 4 is 16.9 Å². The number of amides is 1. The number of carbonyl (C=O) groups is 1.